The van der Waals surface area contributed by atoms with Crippen LogP contribution in [0.2, 0.25) is 5.02 Å². The number of nitrogens with zero attached hydrogens (tertiary/aromatic N) is 4. The first kappa shape index (κ1) is 21.1. The Balaban J connectivity index is 1.51. The molecule has 1 aliphatic rings. The van der Waals surface area contributed by atoms with E-state index in [2.05, 4.69) is 35.2 Å². The zero-order valence-electron chi connectivity index (χ0n) is 16.8. The van der Waals surface area contributed by atoms with Crippen molar-refractivity contribution in [3.63, 3.8) is 0 Å². The van der Waals surface area contributed by atoms with Crippen LogP contribution in [0.25, 0.3) is 0 Å². The number of halogens is 1. The number of anilines is 6. The molecule has 0 amide bonds. The molecule has 0 unspecified atom stereocenters. The van der Waals surface area contributed by atoms with Gasteiger partial charge < -0.3 is 15.5 Å². The van der Waals surface area contributed by atoms with Crippen molar-refractivity contribution in [2.45, 2.75) is 12.8 Å². The molecule has 0 aliphatic carbocycles. The van der Waals surface area contributed by atoms with Gasteiger partial charge in [-0.05, 0) is 37.1 Å². The summed E-state index contributed by atoms with van der Waals surface area (Å²) in [6.07, 6.45) is 6.69. The minimum atomic E-state index is -3.44. The Labute approximate surface area is 185 Å². The van der Waals surface area contributed by atoms with E-state index in [4.69, 9.17) is 11.6 Å². The average molecular weight is 460 g/mol. The molecule has 3 heterocycles. The molecule has 0 bridgehead atoms. The molecule has 3 N–H and O–H groups in total. The lowest BCUT2D eigenvalue weighted by molar-refractivity contribution is 0.607. The molecular formula is C20H22ClN7O2S. The molecule has 1 saturated heterocycles. The highest BCUT2D eigenvalue weighted by Crippen LogP contribution is 2.29. The topological polar surface area (TPSA) is 112 Å². The van der Waals surface area contributed by atoms with E-state index in [0.29, 0.717) is 28.2 Å². The molecule has 1 fully saturated rings. The Bertz CT molecular complexity index is 1170. The molecule has 0 saturated carbocycles. The number of rotatable bonds is 7. The van der Waals surface area contributed by atoms with Crippen LogP contribution in [0, 0.1) is 0 Å². The lowest BCUT2D eigenvalue weighted by Gasteiger charge is -2.16. The van der Waals surface area contributed by atoms with Gasteiger partial charge in [0.05, 0.1) is 35.7 Å². The van der Waals surface area contributed by atoms with Gasteiger partial charge in [0.1, 0.15) is 10.8 Å². The number of para-hydroxylation sites is 2. The van der Waals surface area contributed by atoms with Gasteiger partial charge in [-0.1, -0.05) is 23.7 Å². The lowest BCUT2D eigenvalue weighted by atomic mass is 10.2. The van der Waals surface area contributed by atoms with Crippen molar-refractivity contribution in [2.24, 2.45) is 0 Å². The van der Waals surface area contributed by atoms with E-state index in [1.165, 1.54) is 19.0 Å². The molecule has 0 spiro atoms. The molecule has 4 rings (SSSR count). The third-order valence-electron chi connectivity index (χ3n) is 4.65. The lowest BCUT2D eigenvalue weighted by Crippen LogP contribution is -2.18. The van der Waals surface area contributed by atoms with Gasteiger partial charge in [0.2, 0.25) is 16.0 Å². The fraction of sp³-hybridized carbons (Fsp3) is 0.250. The summed E-state index contributed by atoms with van der Waals surface area (Å²) in [6.45, 7) is 2.07. The molecule has 0 radical (unpaired) electrons. The van der Waals surface area contributed by atoms with Gasteiger partial charge in [0.25, 0.3) is 0 Å². The smallest absolute Gasteiger partial charge is 0.229 e. The third-order valence-corrected chi connectivity index (χ3v) is 5.52. The summed E-state index contributed by atoms with van der Waals surface area (Å²) in [7, 11) is -3.44. The van der Waals surface area contributed by atoms with Crippen LogP contribution in [0.5, 0.6) is 0 Å². The number of aromatic nitrogens is 3. The molecule has 31 heavy (non-hydrogen) atoms. The summed E-state index contributed by atoms with van der Waals surface area (Å²) in [5.41, 5.74) is 1.64. The van der Waals surface area contributed by atoms with Crippen molar-refractivity contribution < 1.29 is 8.42 Å². The number of nitrogens with one attached hydrogen (secondary N) is 3. The SMILES string of the molecule is CS(=O)(=O)Nc1ccccc1Nc1nc(Nc2ccc(N3CCCC3)nc2)ncc1Cl. The molecule has 11 heteroatoms. The normalized spacial score (nSPS) is 13.8. The maximum atomic E-state index is 11.6. The Morgan fingerprint density at radius 2 is 1.71 bits per heavy atom. The van der Waals surface area contributed by atoms with Gasteiger partial charge in [-0.3, -0.25) is 4.72 Å². The second-order valence-electron chi connectivity index (χ2n) is 7.16. The zero-order valence-corrected chi connectivity index (χ0v) is 18.4. The fourth-order valence-electron chi connectivity index (χ4n) is 3.25. The highest BCUT2D eigenvalue weighted by Gasteiger charge is 2.14. The molecule has 162 valence electrons. The Morgan fingerprint density at radius 1 is 0.968 bits per heavy atom. The van der Waals surface area contributed by atoms with E-state index in [1.807, 2.05) is 12.1 Å². The molecule has 1 aromatic carbocycles. The summed E-state index contributed by atoms with van der Waals surface area (Å²) in [4.78, 5) is 15.4. The largest absolute Gasteiger partial charge is 0.357 e. The van der Waals surface area contributed by atoms with Crippen LogP contribution in [0.1, 0.15) is 12.8 Å². The van der Waals surface area contributed by atoms with Gasteiger partial charge >= 0.3 is 0 Å². The maximum absolute atomic E-state index is 11.6. The first-order valence-electron chi connectivity index (χ1n) is 9.72. The minimum absolute atomic E-state index is 0.294. The van der Waals surface area contributed by atoms with Crippen molar-refractivity contribution >= 4 is 56.3 Å². The maximum Gasteiger partial charge on any atom is 0.229 e. The van der Waals surface area contributed by atoms with Crippen molar-refractivity contribution in [3.8, 4) is 0 Å². The number of pyridine rings is 1. The van der Waals surface area contributed by atoms with Gasteiger partial charge in [-0.25, -0.2) is 18.4 Å². The second kappa shape index (κ2) is 8.94. The molecule has 3 aromatic rings. The van der Waals surface area contributed by atoms with Crippen LogP contribution in [0.4, 0.5) is 34.6 Å². The van der Waals surface area contributed by atoms with E-state index in [1.54, 1.807) is 30.5 Å². The summed E-state index contributed by atoms with van der Waals surface area (Å²) in [5, 5.41) is 6.47. The van der Waals surface area contributed by atoms with Gasteiger partial charge in [-0.15, -0.1) is 0 Å². The summed E-state index contributed by atoms with van der Waals surface area (Å²) < 4.78 is 25.7. The predicted molar refractivity (Wildman–Crippen MR) is 124 cm³/mol. The van der Waals surface area contributed by atoms with Crippen molar-refractivity contribution in [2.75, 3.05) is 39.6 Å². The highest BCUT2D eigenvalue weighted by atomic mass is 35.5. The van der Waals surface area contributed by atoms with Gasteiger partial charge in [0.15, 0.2) is 5.82 Å². The van der Waals surface area contributed by atoms with E-state index < -0.39 is 10.0 Å². The van der Waals surface area contributed by atoms with Crippen LogP contribution in [0.3, 0.4) is 0 Å². The average Bonchev–Trinajstić information content (AvgIpc) is 3.26. The Kier molecular flexibility index (Phi) is 6.10. The predicted octanol–water partition coefficient (Wildman–Crippen LogP) is 3.98. The first-order chi connectivity index (χ1) is 14.9. The molecule has 1 aliphatic heterocycles. The summed E-state index contributed by atoms with van der Waals surface area (Å²) in [5.74, 6) is 1.62. The second-order valence-corrected chi connectivity index (χ2v) is 9.31. The number of sulfonamides is 1. The van der Waals surface area contributed by atoms with Crippen molar-refractivity contribution in [1.82, 2.24) is 15.0 Å². The van der Waals surface area contributed by atoms with Crippen LogP contribution in [-0.2, 0) is 10.0 Å². The van der Waals surface area contributed by atoms with E-state index in [0.717, 1.165) is 30.9 Å². The number of hydrogen-bond acceptors (Lipinski definition) is 8. The van der Waals surface area contributed by atoms with Gasteiger partial charge in [0, 0.05) is 13.1 Å². The minimum Gasteiger partial charge on any atom is -0.357 e. The molecule has 2 aromatic heterocycles. The zero-order chi connectivity index (χ0) is 21.8. The summed E-state index contributed by atoms with van der Waals surface area (Å²) in [6, 6.07) is 10.8. The molecule has 0 atom stereocenters. The van der Waals surface area contributed by atoms with Gasteiger partial charge in [-0.2, -0.15) is 4.98 Å². The molecule has 9 nitrogen and oxygen atoms in total. The van der Waals surface area contributed by atoms with Crippen LogP contribution >= 0.6 is 11.6 Å². The van der Waals surface area contributed by atoms with Crippen LogP contribution in [0.15, 0.2) is 48.8 Å². The quantitative estimate of drug-likeness (QED) is 0.486. The monoisotopic (exact) mass is 459 g/mol. The highest BCUT2D eigenvalue weighted by molar-refractivity contribution is 7.92. The van der Waals surface area contributed by atoms with E-state index in [9.17, 15) is 8.42 Å². The number of hydrogen-bond donors (Lipinski definition) is 3. The van der Waals surface area contributed by atoms with Crippen molar-refractivity contribution in [3.05, 3.63) is 53.8 Å². The Morgan fingerprint density at radius 3 is 2.39 bits per heavy atom. The summed E-state index contributed by atoms with van der Waals surface area (Å²) >= 11 is 6.26. The number of benzene rings is 1. The van der Waals surface area contributed by atoms with E-state index in [-0.39, 0.29) is 0 Å². The van der Waals surface area contributed by atoms with Crippen LogP contribution in [-0.4, -0.2) is 42.7 Å². The third kappa shape index (κ3) is 5.53. The Hall–Kier alpha value is -3.11. The van der Waals surface area contributed by atoms with Crippen LogP contribution < -0.4 is 20.3 Å². The first-order valence-corrected chi connectivity index (χ1v) is 12.0. The van der Waals surface area contributed by atoms with E-state index >= 15 is 0 Å². The fourth-order valence-corrected chi connectivity index (χ4v) is 3.96. The molecular weight excluding hydrogens is 438 g/mol. The standard InChI is InChI=1S/C20H22ClN7O2S/c1-31(29,30)27-17-7-3-2-6-16(17)25-19-15(21)13-23-20(26-19)24-14-8-9-18(22-12-14)28-10-4-5-11-28/h2-3,6-9,12-13,27H,4-5,10-11H2,1H3,(H2,23,24,25,26). The van der Waals surface area contributed by atoms with Crippen molar-refractivity contribution in [1.29, 1.82) is 0 Å².